The number of aliphatic hydroxyl groups excluding tert-OH is 1. The summed E-state index contributed by atoms with van der Waals surface area (Å²) >= 11 is 0. The second-order valence-corrected chi connectivity index (χ2v) is 8.96. The Morgan fingerprint density at radius 1 is 0.630 bits per heavy atom. The number of carbonyl (C=O) groups excluding carboxylic acids is 2. The number of amides is 2. The lowest BCUT2D eigenvalue weighted by atomic mass is 9.77. The topological polar surface area (TPSA) is 64.1 Å². The van der Waals surface area contributed by atoms with Crippen molar-refractivity contribution in [3.8, 4) is 0 Å². The summed E-state index contributed by atoms with van der Waals surface area (Å²) in [4.78, 5) is 32.6. The molecule has 0 spiro atoms. The molecule has 152 valence electrons. The summed E-state index contributed by atoms with van der Waals surface area (Å²) in [5, 5.41) is 10.2. The van der Waals surface area contributed by atoms with E-state index in [9.17, 15) is 14.7 Å². The first-order valence-corrected chi connectivity index (χ1v) is 11.1. The predicted octanol–water partition coefficient (Wildman–Crippen LogP) is 1.47. The fraction of sp³-hybridized carbons (Fsp3) is 0.905. The molecule has 0 aromatic rings. The van der Waals surface area contributed by atoms with Crippen LogP contribution in [0, 0.1) is 11.8 Å². The molecule has 4 unspecified atom stereocenters. The van der Waals surface area contributed by atoms with E-state index >= 15 is 0 Å². The highest BCUT2D eigenvalue weighted by atomic mass is 16.3. The zero-order valence-corrected chi connectivity index (χ0v) is 16.5. The van der Waals surface area contributed by atoms with Gasteiger partial charge in [-0.25, -0.2) is 0 Å². The van der Waals surface area contributed by atoms with Crippen molar-refractivity contribution in [3.63, 3.8) is 0 Å². The fourth-order valence-corrected chi connectivity index (χ4v) is 5.75. The van der Waals surface area contributed by atoms with E-state index in [0.29, 0.717) is 0 Å². The molecule has 0 bridgehead atoms. The van der Waals surface area contributed by atoms with Crippen LogP contribution in [0.3, 0.4) is 0 Å². The molecule has 2 saturated heterocycles. The number of hydrogen-bond donors (Lipinski definition) is 1. The number of likely N-dealkylation sites (tertiary alicyclic amines) is 1. The van der Waals surface area contributed by atoms with Gasteiger partial charge in [0.05, 0.1) is 6.10 Å². The molecule has 0 aromatic carbocycles. The maximum atomic E-state index is 13.3. The van der Waals surface area contributed by atoms with Gasteiger partial charge in [0.25, 0.3) is 0 Å². The van der Waals surface area contributed by atoms with Gasteiger partial charge < -0.3 is 14.9 Å². The van der Waals surface area contributed by atoms with E-state index < -0.39 is 0 Å². The van der Waals surface area contributed by atoms with Crippen molar-refractivity contribution < 1.29 is 14.7 Å². The maximum Gasteiger partial charge on any atom is 0.226 e. The predicted molar refractivity (Wildman–Crippen MR) is 103 cm³/mol. The van der Waals surface area contributed by atoms with E-state index in [1.54, 1.807) is 0 Å². The standard InChI is InChI=1S/C21H35N3O3/c25-19-9-5-8-18(19)22-12-14-24(15-13-22)21(27)17-7-2-1-6-16(17)20(26)23-10-3-4-11-23/h16-19,25H,1-15H2. The molecule has 2 heterocycles. The molecule has 2 aliphatic heterocycles. The van der Waals surface area contributed by atoms with Crippen molar-refractivity contribution in [2.45, 2.75) is 69.9 Å². The fourth-order valence-electron chi connectivity index (χ4n) is 5.75. The minimum Gasteiger partial charge on any atom is -0.391 e. The Morgan fingerprint density at radius 2 is 1.19 bits per heavy atom. The summed E-state index contributed by atoms with van der Waals surface area (Å²) in [6, 6.07) is 0.279. The van der Waals surface area contributed by atoms with Gasteiger partial charge in [-0.1, -0.05) is 12.8 Å². The van der Waals surface area contributed by atoms with Gasteiger partial charge in [-0.3, -0.25) is 14.5 Å². The van der Waals surface area contributed by atoms with E-state index in [4.69, 9.17) is 0 Å². The number of hydrogen-bond acceptors (Lipinski definition) is 4. The van der Waals surface area contributed by atoms with Gasteiger partial charge >= 0.3 is 0 Å². The third-order valence-electron chi connectivity index (χ3n) is 7.36. The van der Waals surface area contributed by atoms with Crippen molar-refractivity contribution in [1.29, 1.82) is 0 Å². The van der Waals surface area contributed by atoms with Crippen molar-refractivity contribution in [1.82, 2.24) is 14.7 Å². The minimum absolute atomic E-state index is 0.0981. The van der Waals surface area contributed by atoms with Crippen LogP contribution in [0.2, 0.25) is 0 Å². The second-order valence-electron chi connectivity index (χ2n) is 8.96. The van der Waals surface area contributed by atoms with Crippen LogP contribution in [-0.4, -0.2) is 83.0 Å². The third kappa shape index (κ3) is 4.02. The van der Waals surface area contributed by atoms with E-state index in [1.807, 2.05) is 9.80 Å². The number of piperazine rings is 1. The van der Waals surface area contributed by atoms with Crippen molar-refractivity contribution in [2.24, 2.45) is 11.8 Å². The van der Waals surface area contributed by atoms with Gasteiger partial charge in [-0.2, -0.15) is 0 Å². The van der Waals surface area contributed by atoms with Crippen molar-refractivity contribution in [3.05, 3.63) is 0 Å². The number of aliphatic hydroxyl groups is 1. The Kier molecular flexibility index (Phi) is 6.02. The molecule has 0 aromatic heterocycles. The highest BCUT2D eigenvalue weighted by molar-refractivity contribution is 5.88. The molecule has 2 aliphatic carbocycles. The molecule has 4 atom stereocenters. The Labute approximate surface area is 162 Å². The lowest BCUT2D eigenvalue weighted by Gasteiger charge is -2.41. The monoisotopic (exact) mass is 377 g/mol. The Morgan fingerprint density at radius 3 is 1.70 bits per heavy atom. The summed E-state index contributed by atoms with van der Waals surface area (Å²) in [5.41, 5.74) is 0. The zero-order chi connectivity index (χ0) is 18.8. The highest BCUT2D eigenvalue weighted by Gasteiger charge is 2.41. The van der Waals surface area contributed by atoms with Crippen molar-refractivity contribution >= 4 is 11.8 Å². The van der Waals surface area contributed by atoms with Crippen LogP contribution in [-0.2, 0) is 9.59 Å². The van der Waals surface area contributed by atoms with Gasteiger partial charge in [-0.05, 0) is 44.9 Å². The first-order valence-electron chi connectivity index (χ1n) is 11.1. The average Bonchev–Trinajstić information content (AvgIpc) is 3.39. The number of carbonyl (C=O) groups is 2. The molecule has 0 radical (unpaired) electrons. The first kappa shape index (κ1) is 19.2. The van der Waals surface area contributed by atoms with E-state index in [-0.39, 0.29) is 35.8 Å². The molecular formula is C21H35N3O3. The highest BCUT2D eigenvalue weighted by Crippen LogP contribution is 2.34. The summed E-state index contributed by atoms with van der Waals surface area (Å²) in [5.74, 6) is 0.228. The molecule has 6 heteroatoms. The van der Waals surface area contributed by atoms with Crippen molar-refractivity contribution in [2.75, 3.05) is 39.3 Å². The molecule has 27 heavy (non-hydrogen) atoms. The molecule has 4 fully saturated rings. The normalized spacial score (nSPS) is 35.6. The summed E-state index contributed by atoms with van der Waals surface area (Å²) in [7, 11) is 0. The molecule has 2 amide bonds. The lowest BCUT2D eigenvalue weighted by molar-refractivity contribution is -0.149. The molecule has 6 nitrogen and oxygen atoms in total. The number of rotatable bonds is 3. The molecule has 2 saturated carbocycles. The summed E-state index contributed by atoms with van der Waals surface area (Å²) in [6.07, 6.45) is 8.97. The molecule has 1 N–H and O–H groups in total. The van der Waals surface area contributed by atoms with E-state index in [0.717, 1.165) is 97.1 Å². The number of nitrogens with zero attached hydrogens (tertiary/aromatic N) is 3. The van der Waals surface area contributed by atoms with Gasteiger partial charge in [0.2, 0.25) is 11.8 Å². The third-order valence-corrected chi connectivity index (χ3v) is 7.36. The molecule has 4 aliphatic rings. The van der Waals surface area contributed by atoms with Gasteiger partial charge in [0, 0.05) is 57.1 Å². The van der Waals surface area contributed by atoms with Gasteiger partial charge in [0.1, 0.15) is 0 Å². The van der Waals surface area contributed by atoms with E-state index in [1.165, 1.54) is 0 Å². The van der Waals surface area contributed by atoms with Crippen LogP contribution in [0.25, 0.3) is 0 Å². The van der Waals surface area contributed by atoms with Crippen LogP contribution < -0.4 is 0 Å². The quantitative estimate of drug-likeness (QED) is 0.809. The largest absolute Gasteiger partial charge is 0.391 e. The van der Waals surface area contributed by atoms with Crippen LogP contribution >= 0.6 is 0 Å². The first-order chi connectivity index (χ1) is 13.1. The zero-order valence-electron chi connectivity index (χ0n) is 16.5. The van der Waals surface area contributed by atoms with Crippen LogP contribution in [0.1, 0.15) is 57.8 Å². The van der Waals surface area contributed by atoms with Crippen LogP contribution in [0.4, 0.5) is 0 Å². The average molecular weight is 378 g/mol. The smallest absolute Gasteiger partial charge is 0.226 e. The summed E-state index contributed by atoms with van der Waals surface area (Å²) < 4.78 is 0. The Balaban J connectivity index is 1.35. The molecular weight excluding hydrogens is 342 g/mol. The Bertz CT molecular complexity index is 541. The minimum atomic E-state index is -0.201. The SMILES string of the molecule is O=C(C1CCCCC1C(=O)N1CCN(C2CCCC2O)CC1)N1CCCC1. The van der Waals surface area contributed by atoms with Gasteiger partial charge in [0.15, 0.2) is 0 Å². The van der Waals surface area contributed by atoms with Crippen LogP contribution in [0.15, 0.2) is 0 Å². The Hall–Kier alpha value is -1.14. The maximum absolute atomic E-state index is 13.3. The lowest BCUT2D eigenvalue weighted by Crippen LogP contribution is -2.55. The van der Waals surface area contributed by atoms with E-state index in [2.05, 4.69) is 4.90 Å². The summed E-state index contributed by atoms with van der Waals surface area (Å²) in [6.45, 7) is 4.93. The molecule has 4 rings (SSSR count). The van der Waals surface area contributed by atoms with Gasteiger partial charge in [-0.15, -0.1) is 0 Å². The second kappa shape index (κ2) is 8.48. The van der Waals surface area contributed by atoms with Crippen LogP contribution in [0.5, 0.6) is 0 Å².